The second kappa shape index (κ2) is 31.8. The van der Waals surface area contributed by atoms with Crippen LogP contribution in [-0.2, 0) is 49.6 Å². The highest BCUT2D eigenvalue weighted by Crippen LogP contribution is 2.15. The van der Waals surface area contributed by atoms with Gasteiger partial charge in [0.15, 0.2) is 0 Å². The van der Waals surface area contributed by atoms with E-state index in [1.807, 2.05) is 69.2 Å². The molecule has 0 aliphatic heterocycles. The lowest BCUT2D eigenvalue weighted by molar-refractivity contribution is -0.142. The van der Waals surface area contributed by atoms with E-state index in [-0.39, 0.29) is 61.7 Å². The Morgan fingerprint density at radius 1 is 0.397 bits per heavy atom. The monoisotopic (exact) mass is 1030 g/mol. The number of rotatable bonds is 32. The summed E-state index contributed by atoms with van der Waals surface area (Å²) in [6.07, 6.45) is -0.434. The van der Waals surface area contributed by atoms with Crippen LogP contribution in [0.15, 0.2) is 30.3 Å². The van der Waals surface area contributed by atoms with Gasteiger partial charge in [-0.05, 0) is 86.0 Å². The molecule has 414 valence electrons. The molecule has 8 amide bonds. The maximum absolute atomic E-state index is 14.2. The molecule has 0 bridgehead atoms. The molecule has 0 spiro atoms. The molecule has 12 N–H and O–H groups in total. The van der Waals surface area contributed by atoms with Crippen molar-refractivity contribution in [3.63, 3.8) is 0 Å². The zero-order valence-electron chi connectivity index (χ0n) is 46.1. The van der Waals surface area contributed by atoms with Crippen LogP contribution in [0, 0.1) is 41.4 Å². The normalized spacial score (nSPS) is 15.8. The summed E-state index contributed by atoms with van der Waals surface area (Å²) in [4.78, 5) is 123. The van der Waals surface area contributed by atoms with Gasteiger partial charge in [-0.3, -0.25) is 38.4 Å². The highest BCUT2D eigenvalue weighted by Gasteiger charge is 2.38. The Labute approximate surface area is 433 Å². The van der Waals surface area contributed by atoms with Crippen molar-refractivity contribution in [3.05, 3.63) is 35.9 Å². The lowest BCUT2D eigenvalue weighted by Crippen LogP contribution is -2.62. The number of carboxylic acids is 1. The fraction of sp³-hybridized carbons (Fsp3) is 0.717. The van der Waals surface area contributed by atoms with Gasteiger partial charge in [-0.15, -0.1) is 0 Å². The fourth-order valence-corrected chi connectivity index (χ4v) is 8.05. The van der Waals surface area contributed by atoms with Crippen molar-refractivity contribution in [3.8, 4) is 0 Å². The first kappa shape index (κ1) is 65.4. The van der Waals surface area contributed by atoms with Crippen molar-refractivity contribution in [2.24, 2.45) is 47.2 Å². The summed E-state index contributed by atoms with van der Waals surface area (Å²) in [5.74, 6) is -8.30. The minimum atomic E-state index is -1.62. The van der Waals surface area contributed by atoms with E-state index in [0.29, 0.717) is 12.0 Å². The summed E-state index contributed by atoms with van der Waals surface area (Å²) in [5, 5.41) is 42.1. The van der Waals surface area contributed by atoms with Gasteiger partial charge in [-0.1, -0.05) is 127 Å². The summed E-state index contributed by atoms with van der Waals surface area (Å²) in [5.41, 5.74) is 6.79. The van der Waals surface area contributed by atoms with E-state index in [1.165, 1.54) is 6.92 Å². The van der Waals surface area contributed by atoms with Gasteiger partial charge in [-0.25, -0.2) is 4.79 Å². The van der Waals surface area contributed by atoms with E-state index in [2.05, 4.69) is 42.5 Å². The average molecular weight is 1030 g/mol. The van der Waals surface area contributed by atoms with Crippen molar-refractivity contribution in [1.82, 2.24) is 42.5 Å². The third-order valence-electron chi connectivity index (χ3n) is 11.9. The molecule has 20 nitrogen and oxygen atoms in total. The van der Waals surface area contributed by atoms with Gasteiger partial charge in [0.05, 0.1) is 12.1 Å². The van der Waals surface area contributed by atoms with Crippen molar-refractivity contribution < 1.29 is 53.4 Å². The molecule has 10 atom stereocenters. The predicted octanol–water partition coefficient (Wildman–Crippen LogP) is 2.44. The maximum atomic E-state index is 14.2. The number of nitrogens with two attached hydrogens (primary N) is 1. The minimum absolute atomic E-state index is 0.000133. The van der Waals surface area contributed by atoms with E-state index < -0.39 is 126 Å². The van der Waals surface area contributed by atoms with Crippen LogP contribution in [0.4, 0.5) is 0 Å². The van der Waals surface area contributed by atoms with Crippen molar-refractivity contribution in [2.45, 2.75) is 203 Å². The number of hydrogen-bond donors (Lipinski definition) is 11. The number of carbonyl (C=O) groups is 9. The highest BCUT2D eigenvalue weighted by atomic mass is 16.4. The van der Waals surface area contributed by atoms with Gasteiger partial charge in [0.25, 0.3) is 0 Å². The highest BCUT2D eigenvalue weighted by molar-refractivity contribution is 5.98. The molecular formula is C53H91N9O11. The summed E-state index contributed by atoms with van der Waals surface area (Å²) < 4.78 is 0. The molecule has 0 aromatic heterocycles. The minimum Gasteiger partial charge on any atom is -0.480 e. The quantitative estimate of drug-likeness (QED) is 0.0496. The number of carbonyl (C=O) groups excluding carboxylic acids is 8. The number of hydrogen-bond acceptors (Lipinski definition) is 11. The second-order valence-electron chi connectivity index (χ2n) is 22.3. The predicted molar refractivity (Wildman–Crippen MR) is 280 cm³/mol. The number of carboxylic acid groups (broad SMARTS) is 1. The van der Waals surface area contributed by atoms with Gasteiger partial charge in [0.2, 0.25) is 47.3 Å². The van der Waals surface area contributed by atoms with Crippen LogP contribution in [0.1, 0.15) is 142 Å². The number of aliphatic hydroxyl groups excluding tert-OH is 1. The van der Waals surface area contributed by atoms with Gasteiger partial charge in [0, 0.05) is 6.42 Å². The molecule has 1 aromatic rings. The van der Waals surface area contributed by atoms with E-state index in [4.69, 9.17) is 5.73 Å². The fourth-order valence-electron chi connectivity index (χ4n) is 8.05. The van der Waals surface area contributed by atoms with Crippen LogP contribution in [-0.4, -0.2) is 124 Å². The van der Waals surface area contributed by atoms with Gasteiger partial charge < -0.3 is 58.5 Å². The SMILES string of the molecule is CC(C)C[C@H](NC(=O)[C@H](CC(C)C)NC(=O)[C@@H](N)CC(C)C)C(=O)N[C@H](C(=O)N[C@@H](CC(C)C)C(=O)N[C@@H](CC(C)C)C(=O)N[C@H](C(=O)N[C@H](C(=O)N[C@@H](Cc1ccccc1)C(=O)O)C(C)C)[C@@H](C)O)C(C)C. The Kier molecular flexibility index (Phi) is 28.5. The lowest BCUT2D eigenvalue weighted by Gasteiger charge is -2.30. The number of benzene rings is 1. The molecule has 20 heteroatoms. The smallest absolute Gasteiger partial charge is 0.326 e. The van der Waals surface area contributed by atoms with Crippen LogP contribution in [0.3, 0.4) is 0 Å². The van der Waals surface area contributed by atoms with Crippen LogP contribution >= 0.6 is 0 Å². The molecule has 73 heavy (non-hydrogen) atoms. The molecule has 0 aliphatic rings. The molecule has 0 unspecified atom stereocenters. The molecule has 0 heterocycles. The topological polar surface area (TPSA) is 316 Å². The van der Waals surface area contributed by atoms with E-state index in [0.717, 1.165) is 0 Å². The average Bonchev–Trinajstić information content (AvgIpc) is 3.26. The Hall–Kier alpha value is -5.63. The molecule has 0 aliphatic carbocycles. The molecular weight excluding hydrogens is 939 g/mol. The second-order valence-corrected chi connectivity index (χ2v) is 22.3. The summed E-state index contributed by atoms with van der Waals surface area (Å²) in [6.45, 7) is 26.6. The van der Waals surface area contributed by atoms with E-state index >= 15 is 0 Å². The molecule has 0 fully saturated rings. The number of aliphatic hydroxyl groups is 1. The first-order valence-corrected chi connectivity index (χ1v) is 26.0. The third-order valence-corrected chi connectivity index (χ3v) is 11.9. The summed E-state index contributed by atoms with van der Waals surface area (Å²) >= 11 is 0. The number of nitrogens with one attached hydrogen (secondary N) is 8. The van der Waals surface area contributed by atoms with Crippen LogP contribution in [0.2, 0.25) is 0 Å². The number of aliphatic carboxylic acids is 1. The van der Waals surface area contributed by atoms with Crippen molar-refractivity contribution in [1.29, 1.82) is 0 Å². The Balaban J connectivity index is 3.36. The zero-order chi connectivity index (χ0) is 56.0. The summed E-state index contributed by atoms with van der Waals surface area (Å²) in [7, 11) is 0. The van der Waals surface area contributed by atoms with E-state index in [9.17, 15) is 53.4 Å². The first-order valence-electron chi connectivity index (χ1n) is 26.0. The first-order chi connectivity index (χ1) is 33.8. The van der Waals surface area contributed by atoms with Crippen molar-refractivity contribution in [2.75, 3.05) is 0 Å². The maximum Gasteiger partial charge on any atom is 0.326 e. The van der Waals surface area contributed by atoms with Crippen molar-refractivity contribution >= 4 is 53.2 Å². The Morgan fingerprint density at radius 2 is 0.685 bits per heavy atom. The Morgan fingerprint density at radius 3 is 1.01 bits per heavy atom. The standard InChI is InChI=1S/C53H91N9O11/c1-27(2)21-36(54)45(64)55-37(22-28(3)4)46(65)56-39(24-30(7)8)48(67)60-42(32(11)12)50(69)58-38(23-29(5)6)47(66)57-40(25-31(9)10)49(68)62-44(34(15)63)52(71)61-43(33(13)14)51(70)59-41(53(72)73)26-35-19-17-16-18-20-35/h16-20,27-34,36-44,63H,21-26,54H2,1-15H3,(H,55,64)(H,56,65)(H,57,66)(H,58,69)(H,59,70)(H,60,67)(H,61,71)(H,62,68)(H,72,73)/t34-,36+,37+,38+,39+,40+,41+,42+,43+,44+/m1/s1. The molecule has 0 saturated carbocycles. The largest absolute Gasteiger partial charge is 0.480 e. The van der Waals surface area contributed by atoms with Gasteiger partial charge in [0.1, 0.15) is 48.3 Å². The number of amides is 8. The molecule has 1 rings (SSSR count). The lowest BCUT2D eigenvalue weighted by atomic mass is 9.97. The molecule has 1 aromatic carbocycles. The van der Waals surface area contributed by atoms with Gasteiger partial charge in [-0.2, -0.15) is 0 Å². The molecule has 0 saturated heterocycles. The zero-order valence-corrected chi connectivity index (χ0v) is 46.1. The summed E-state index contributed by atoms with van der Waals surface area (Å²) in [6, 6.07) is -2.10. The third kappa shape index (κ3) is 24.3. The van der Waals surface area contributed by atoms with Gasteiger partial charge >= 0.3 is 5.97 Å². The van der Waals surface area contributed by atoms with E-state index in [1.54, 1.807) is 58.0 Å². The van der Waals surface area contributed by atoms with Crippen LogP contribution < -0.4 is 48.3 Å². The van der Waals surface area contributed by atoms with Crippen LogP contribution in [0.25, 0.3) is 0 Å². The molecule has 0 radical (unpaired) electrons. The van der Waals surface area contributed by atoms with Crippen LogP contribution in [0.5, 0.6) is 0 Å². The Bertz CT molecular complexity index is 1960.